The molecule has 1 saturated heterocycles. The van der Waals surface area contributed by atoms with Gasteiger partial charge >= 0.3 is 0 Å². The topological polar surface area (TPSA) is 69.5 Å². The van der Waals surface area contributed by atoms with E-state index in [-0.39, 0.29) is 5.82 Å². The maximum Gasteiger partial charge on any atom is 0.135 e. The van der Waals surface area contributed by atoms with Crippen molar-refractivity contribution in [1.29, 1.82) is 0 Å². The van der Waals surface area contributed by atoms with E-state index in [9.17, 15) is 4.39 Å². The minimum absolute atomic E-state index is 0.191. The molecule has 5 rings (SSSR count). The molecular formula is C29H35FN6. The average Bonchev–Trinajstić information content (AvgIpc) is 3.24. The molecular weight excluding hydrogens is 451 g/mol. The zero-order chi connectivity index (χ0) is 25.4. The predicted octanol–water partition coefficient (Wildman–Crippen LogP) is 4.57. The van der Waals surface area contributed by atoms with E-state index in [1.54, 1.807) is 6.07 Å². The lowest BCUT2D eigenvalue weighted by Crippen LogP contribution is -2.29. The number of rotatable bonds is 7. The second kappa shape index (κ2) is 9.91. The van der Waals surface area contributed by atoms with Crippen LogP contribution in [0.25, 0.3) is 5.57 Å². The molecule has 3 aliphatic heterocycles. The van der Waals surface area contributed by atoms with Gasteiger partial charge in [0.1, 0.15) is 17.5 Å². The number of hydrogen-bond donors (Lipinski definition) is 3. The van der Waals surface area contributed by atoms with E-state index >= 15 is 0 Å². The van der Waals surface area contributed by atoms with Crippen molar-refractivity contribution in [2.45, 2.75) is 25.7 Å². The summed E-state index contributed by atoms with van der Waals surface area (Å²) in [5.41, 5.74) is 13.6. The molecule has 7 heteroatoms. The van der Waals surface area contributed by atoms with E-state index in [2.05, 4.69) is 47.4 Å². The molecule has 188 valence electrons. The van der Waals surface area contributed by atoms with Crippen LogP contribution in [0.1, 0.15) is 29.5 Å². The lowest BCUT2D eigenvalue weighted by atomic mass is 9.93. The van der Waals surface area contributed by atoms with E-state index < -0.39 is 0 Å². The molecule has 1 fully saturated rings. The number of nitrogens with one attached hydrogen (secondary N) is 2. The number of fused-ring (bicyclic) bond motifs is 2. The summed E-state index contributed by atoms with van der Waals surface area (Å²) in [5.74, 6) is 2.06. The number of anilines is 3. The molecule has 4 N–H and O–H groups in total. The number of hydrogen-bond acceptors (Lipinski definition) is 6. The van der Waals surface area contributed by atoms with Gasteiger partial charge in [0.2, 0.25) is 0 Å². The molecule has 2 aromatic rings. The number of aromatic nitrogens is 1. The van der Waals surface area contributed by atoms with Gasteiger partial charge in [-0.05, 0) is 73.6 Å². The molecule has 0 unspecified atom stereocenters. The molecule has 36 heavy (non-hydrogen) atoms. The van der Waals surface area contributed by atoms with Crippen molar-refractivity contribution in [2.24, 2.45) is 11.7 Å². The number of halogens is 1. The zero-order valence-corrected chi connectivity index (χ0v) is 21.0. The summed E-state index contributed by atoms with van der Waals surface area (Å²) < 4.78 is 14.9. The van der Waals surface area contributed by atoms with Crippen molar-refractivity contribution >= 4 is 22.9 Å². The van der Waals surface area contributed by atoms with Crippen LogP contribution in [0.2, 0.25) is 0 Å². The predicted molar refractivity (Wildman–Crippen MR) is 147 cm³/mol. The molecule has 0 saturated carbocycles. The molecule has 1 atom stereocenters. The van der Waals surface area contributed by atoms with Crippen LogP contribution in [0.15, 0.2) is 67.2 Å². The summed E-state index contributed by atoms with van der Waals surface area (Å²) >= 11 is 0. The summed E-state index contributed by atoms with van der Waals surface area (Å²) in [6.45, 7) is 15.2. The minimum Gasteiger partial charge on any atom is -0.344 e. The molecule has 4 heterocycles. The molecule has 3 aliphatic rings. The molecule has 1 aromatic carbocycles. The third-order valence-corrected chi connectivity index (χ3v) is 7.46. The number of aryl methyl sites for hydroxylation is 1. The van der Waals surface area contributed by atoms with Crippen molar-refractivity contribution in [3.8, 4) is 0 Å². The fourth-order valence-corrected chi connectivity index (χ4v) is 5.44. The largest absolute Gasteiger partial charge is 0.344 e. The smallest absolute Gasteiger partial charge is 0.135 e. The fourth-order valence-electron chi connectivity index (χ4n) is 5.44. The Hall–Kier alpha value is -3.42. The lowest BCUT2D eigenvalue weighted by molar-refractivity contribution is 0.518. The Labute approximate surface area is 213 Å². The highest BCUT2D eigenvalue weighted by atomic mass is 19.1. The summed E-state index contributed by atoms with van der Waals surface area (Å²) in [5, 5.41) is 6.87. The van der Waals surface area contributed by atoms with Crippen LogP contribution in [0.3, 0.4) is 0 Å². The van der Waals surface area contributed by atoms with Crippen LogP contribution in [0.4, 0.5) is 21.7 Å². The number of likely N-dealkylation sites (N-methyl/N-ethyl adjacent to an activating group) is 1. The standard InChI is InChI=1S/C29H35FN6/c1-18-5-6-22-7-10-27(34-29(22)33-18)36-17-21(13-20(36)3)16-32-12-11-25-26(30)9-8-24-23(15-31)14-19(2)35(4)28(24)25/h7-10,14,21,32H,1-3,5-6,11-13,15-17,31H2,4H3,(H,33,34)/t21-/m0/s1. The first-order chi connectivity index (χ1) is 17.4. The number of allylic oxidation sites excluding steroid dienone is 3. The van der Waals surface area contributed by atoms with Gasteiger partial charge < -0.3 is 26.2 Å². The number of nitrogens with zero attached hydrogens (tertiary/aromatic N) is 3. The van der Waals surface area contributed by atoms with E-state index in [1.807, 2.05) is 24.1 Å². The van der Waals surface area contributed by atoms with Crippen molar-refractivity contribution in [3.05, 3.63) is 89.7 Å². The van der Waals surface area contributed by atoms with Gasteiger partial charge in [-0.25, -0.2) is 9.37 Å². The van der Waals surface area contributed by atoms with Gasteiger partial charge in [0.15, 0.2) is 0 Å². The van der Waals surface area contributed by atoms with E-state index in [0.29, 0.717) is 31.0 Å². The third kappa shape index (κ3) is 4.56. The highest BCUT2D eigenvalue weighted by Gasteiger charge is 2.28. The van der Waals surface area contributed by atoms with Crippen molar-refractivity contribution < 1.29 is 4.39 Å². The Kier molecular flexibility index (Phi) is 6.69. The Morgan fingerprint density at radius 1 is 1.19 bits per heavy atom. The molecule has 0 amide bonds. The lowest BCUT2D eigenvalue weighted by Gasteiger charge is -2.31. The van der Waals surface area contributed by atoms with E-state index in [0.717, 1.165) is 77.9 Å². The van der Waals surface area contributed by atoms with Gasteiger partial charge in [0.05, 0.1) is 5.69 Å². The molecule has 0 radical (unpaired) electrons. The zero-order valence-electron chi connectivity index (χ0n) is 21.0. The van der Waals surface area contributed by atoms with Crippen LogP contribution in [-0.4, -0.2) is 38.2 Å². The normalized spacial score (nSPS) is 19.2. The second-order valence-electron chi connectivity index (χ2n) is 9.95. The first-order valence-corrected chi connectivity index (χ1v) is 12.6. The van der Waals surface area contributed by atoms with Gasteiger partial charge in [-0.3, -0.25) is 0 Å². The number of pyridine rings is 1. The van der Waals surface area contributed by atoms with Gasteiger partial charge in [0.25, 0.3) is 0 Å². The molecule has 0 aliphatic carbocycles. The summed E-state index contributed by atoms with van der Waals surface area (Å²) in [6.07, 6.45) is 5.40. The molecule has 0 spiro atoms. The van der Waals surface area contributed by atoms with Gasteiger partial charge in [-0.2, -0.15) is 0 Å². The van der Waals surface area contributed by atoms with E-state index in [1.165, 1.54) is 5.56 Å². The maximum absolute atomic E-state index is 14.9. The van der Waals surface area contributed by atoms with Crippen LogP contribution in [0, 0.1) is 11.7 Å². The van der Waals surface area contributed by atoms with Crippen LogP contribution in [-0.2, 0) is 12.8 Å². The Bertz CT molecular complexity index is 1260. The first kappa shape index (κ1) is 24.3. The second-order valence-corrected chi connectivity index (χ2v) is 9.95. The molecule has 0 bridgehead atoms. The van der Waals surface area contributed by atoms with Crippen LogP contribution >= 0.6 is 0 Å². The van der Waals surface area contributed by atoms with Crippen molar-refractivity contribution in [3.63, 3.8) is 0 Å². The highest BCUT2D eigenvalue weighted by Crippen LogP contribution is 2.38. The molecule has 1 aromatic heterocycles. The maximum atomic E-state index is 14.9. The summed E-state index contributed by atoms with van der Waals surface area (Å²) in [7, 11) is 1.93. The number of benzene rings is 1. The van der Waals surface area contributed by atoms with E-state index in [4.69, 9.17) is 10.7 Å². The monoisotopic (exact) mass is 486 g/mol. The molecule has 6 nitrogen and oxygen atoms in total. The third-order valence-electron chi connectivity index (χ3n) is 7.46. The van der Waals surface area contributed by atoms with Crippen LogP contribution in [0.5, 0.6) is 0 Å². The quantitative estimate of drug-likeness (QED) is 0.498. The van der Waals surface area contributed by atoms with Crippen molar-refractivity contribution in [1.82, 2.24) is 10.3 Å². The Morgan fingerprint density at radius 2 is 2.03 bits per heavy atom. The van der Waals surface area contributed by atoms with Gasteiger partial charge in [0, 0.05) is 54.9 Å². The Morgan fingerprint density at radius 3 is 2.83 bits per heavy atom. The van der Waals surface area contributed by atoms with Crippen molar-refractivity contribution in [2.75, 3.05) is 48.3 Å². The number of nitrogens with two attached hydrogens (primary N) is 1. The van der Waals surface area contributed by atoms with Crippen LogP contribution < -0.4 is 26.2 Å². The minimum atomic E-state index is -0.191. The Balaban J connectivity index is 1.21. The average molecular weight is 487 g/mol. The summed E-state index contributed by atoms with van der Waals surface area (Å²) in [6, 6.07) is 7.61. The fraction of sp³-hybridized carbons (Fsp3) is 0.345. The summed E-state index contributed by atoms with van der Waals surface area (Å²) in [4.78, 5) is 9.02. The van der Waals surface area contributed by atoms with Gasteiger partial charge in [-0.1, -0.05) is 25.8 Å². The first-order valence-electron chi connectivity index (χ1n) is 12.6. The SMILES string of the molecule is C=C1CCc2ccc(N3C[C@H](CNCCc4c(F)ccc5c4N(C)C(=C)C=C5CN)CC3=C)nc2N1. The van der Waals surface area contributed by atoms with Gasteiger partial charge in [-0.15, -0.1) is 0 Å². The highest BCUT2D eigenvalue weighted by molar-refractivity contribution is 5.86.